The number of pyridine rings is 2. The molecular formula is C19H16N4O3. The van der Waals surface area contributed by atoms with E-state index in [1.165, 1.54) is 0 Å². The highest BCUT2D eigenvalue weighted by atomic mass is 16.5. The van der Waals surface area contributed by atoms with Crippen molar-refractivity contribution >= 4 is 5.82 Å². The van der Waals surface area contributed by atoms with Crippen LogP contribution in [0.15, 0.2) is 70.1 Å². The Kier molecular flexibility index (Phi) is 4.34. The lowest BCUT2D eigenvalue weighted by atomic mass is 10.1. The van der Waals surface area contributed by atoms with Gasteiger partial charge in [0, 0.05) is 30.9 Å². The number of ether oxygens (including phenoxy) is 1. The fraction of sp³-hybridized carbons (Fsp3) is 0.105. The Balaban J connectivity index is 1.41. The van der Waals surface area contributed by atoms with Crippen molar-refractivity contribution in [3.8, 4) is 17.2 Å². The lowest BCUT2D eigenvalue weighted by Crippen LogP contribution is -1.97. The first-order chi connectivity index (χ1) is 12.8. The Morgan fingerprint density at radius 1 is 1.08 bits per heavy atom. The van der Waals surface area contributed by atoms with Gasteiger partial charge in [0.1, 0.15) is 18.2 Å². The molecule has 0 atom stereocenters. The largest absolute Gasteiger partial charge is 0.469 e. The van der Waals surface area contributed by atoms with Gasteiger partial charge < -0.3 is 19.4 Å². The third-order valence-corrected chi connectivity index (χ3v) is 3.79. The standard InChI is InChI=1S/C19H16N4O3/c20-19-16(4-1-7-21-19)17-10-14(23-26-17)9-13-5-6-18(22-11-13)25-12-15-3-2-8-24-15/h1-8,10-11H,9,12H2,(H2,20,21). The maximum absolute atomic E-state index is 5.87. The van der Waals surface area contributed by atoms with E-state index in [4.69, 9.17) is 19.4 Å². The normalized spacial score (nSPS) is 10.8. The second-order valence-corrected chi connectivity index (χ2v) is 5.67. The van der Waals surface area contributed by atoms with Crippen LogP contribution in [0.1, 0.15) is 17.0 Å². The first-order valence-corrected chi connectivity index (χ1v) is 8.04. The van der Waals surface area contributed by atoms with Crippen LogP contribution in [-0.4, -0.2) is 15.1 Å². The fourth-order valence-corrected chi connectivity index (χ4v) is 2.50. The quantitative estimate of drug-likeness (QED) is 0.569. The van der Waals surface area contributed by atoms with Gasteiger partial charge in [0.2, 0.25) is 5.88 Å². The number of nitrogens with zero attached hydrogens (tertiary/aromatic N) is 3. The molecule has 4 aromatic rings. The number of hydrogen-bond acceptors (Lipinski definition) is 7. The second kappa shape index (κ2) is 7.10. The monoisotopic (exact) mass is 348 g/mol. The summed E-state index contributed by atoms with van der Waals surface area (Å²) in [4.78, 5) is 8.35. The van der Waals surface area contributed by atoms with E-state index >= 15 is 0 Å². The molecule has 130 valence electrons. The van der Waals surface area contributed by atoms with Crippen LogP contribution in [0.2, 0.25) is 0 Å². The van der Waals surface area contributed by atoms with Crippen LogP contribution in [0.3, 0.4) is 0 Å². The first kappa shape index (κ1) is 15.9. The zero-order valence-electron chi connectivity index (χ0n) is 13.8. The molecule has 0 bridgehead atoms. The molecule has 0 aliphatic heterocycles. The molecule has 0 aliphatic rings. The van der Waals surface area contributed by atoms with E-state index in [0.29, 0.717) is 30.5 Å². The van der Waals surface area contributed by atoms with E-state index in [1.54, 1.807) is 24.7 Å². The summed E-state index contributed by atoms with van der Waals surface area (Å²) < 4.78 is 16.2. The highest BCUT2D eigenvalue weighted by Gasteiger charge is 2.11. The van der Waals surface area contributed by atoms with E-state index < -0.39 is 0 Å². The predicted octanol–water partition coefficient (Wildman–Crippen LogP) is 3.48. The third kappa shape index (κ3) is 3.56. The van der Waals surface area contributed by atoms with Crippen molar-refractivity contribution in [1.82, 2.24) is 15.1 Å². The van der Waals surface area contributed by atoms with Crippen molar-refractivity contribution in [3.05, 3.63) is 78.1 Å². The molecule has 7 heteroatoms. The molecular weight excluding hydrogens is 332 g/mol. The van der Waals surface area contributed by atoms with Crippen LogP contribution in [0.5, 0.6) is 5.88 Å². The Morgan fingerprint density at radius 2 is 2.04 bits per heavy atom. The summed E-state index contributed by atoms with van der Waals surface area (Å²) >= 11 is 0. The topological polar surface area (TPSA) is 100 Å². The zero-order chi connectivity index (χ0) is 17.8. The van der Waals surface area contributed by atoms with Gasteiger partial charge in [-0.05, 0) is 29.8 Å². The van der Waals surface area contributed by atoms with Crippen molar-refractivity contribution < 1.29 is 13.7 Å². The van der Waals surface area contributed by atoms with Gasteiger partial charge in [-0.25, -0.2) is 9.97 Å². The van der Waals surface area contributed by atoms with E-state index in [-0.39, 0.29) is 0 Å². The molecule has 7 nitrogen and oxygen atoms in total. The van der Waals surface area contributed by atoms with E-state index in [0.717, 1.165) is 22.6 Å². The van der Waals surface area contributed by atoms with Crippen molar-refractivity contribution in [1.29, 1.82) is 0 Å². The van der Waals surface area contributed by atoms with Gasteiger partial charge in [-0.15, -0.1) is 0 Å². The minimum absolute atomic E-state index is 0.346. The molecule has 0 saturated carbocycles. The Morgan fingerprint density at radius 3 is 2.81 bits per heavy atom. The summed E-state index contributed by atoms with van der Waals surface area (Å²) in [5.74, 6) is 2.29. The molecule has 0 radical (unpaired) electrons. The van der Waals surface area contributed by atoms with Gasteiger partial charge in [-0.2, -0.15) is 0 Å². The van der Waals surface area contributed by atoms with Gasteiger partial charge in [0.15, 0.2) is 5.76 Å². The lowest BCUT2D eigenvalue weighted by molar-refractivity contribution is 0.260. The maximum Gasteiger partial charge on any atom is 0.213 e. The number of aromatic nitrogens is 3. The molecule has 0 unspecified atom stereocenters. The van der Waals surface area contributed by atoms with Crippen LogP contribution in [0.25, 0.3) is 11.3 Å². The van der Waals surface area contributed by atoms with Gasteiger partial charge in [0.25, 0.3) is 0 Å². The zero-order valence-corrected chi connectivity index (χ0v) is 13.8. The molecule has 0 fully saturated rings. The average molecular weight is 348 g/mol. The number of anilines is 1. The number of rotatable bonds is 6. The highest BCUT2D eigenvalue weighted by Crippen LogP contribution is 2.25. The molecule has 0 amide bonds. The number of nitrogen functional groups attached to an aromatic ring is 1. The van der Waals surface area contributed by atoms with E-state index in [2.05, 4.69) is 15.1 Å². The van der Waals surface area contributed by atoms with Crippen molar-refractivity contribution in [2.75, 3.05) is 5.73 Å². The predicted molar refractivity (Wildman–Crippen MR) is 94.2 cm³/mol. The molecule has 26 heavy (non-hydrogen) atoms. The second-order valence-electron chi connectivity index (χ2n) is 5.67. The molecule has 0 spiro atoms. The minimum atomic E-state index is 0.346. The van der Waals surface area contributed by atoms with E-state index in [1.807, 2.05) is 36.4 Å². The lowest BCUT2D eigenvalue weighted by Gasteiger charge is -2.04. The molecule has 2 N–H and O–H groups in total. The highest BCUT2D eigenvalue weighted by molar-refractivity contribution is 5.69. The Labute approximate surface area is 149 Å². The first-order valence-electron chi connectivity index (χ1n) is 8.04. The molecule has 0 aromatic carbocycles. The maximum atomic E-state index is 5.87. The van der Waals surface area contributed by atoms with Crippen LogP contribution in [-0.2, 0) is 13.0 Å². The van der Waals surface area contributed by atoms with Crippen LogP contribution < -0.4 is 10.5 Å². The van der Waals surface area contributed by atoms with Gasteiger partial charge in [-0.1, -0.05) is 11.2 Å². The summed E-state index contributed by atoms with van der Waals surface area (Å²) in [7, 11) is 0. The molecule has 4 aromatic heterocycles. The summed E-state index contributed by atoms with van der Waals surface area (Å²) in [6.45, 7) is 0.346. The van der Waals surface area contributed by atoms with Crippen molar-refractivity contribution in [2.45, 2.75) is 13.0 Å². The van der Waals surface area contributed by atoms with Crippen LogP contribution in [0.4, 0.5) is 5.82 Å². The van der Waals surface area contributed by atoms with Crippen molar-refractivity contribution in [3.63, 3.8) is 0 Å². The molecule has 4 heterocycles. The average Bonchev–Trinajstić information content (AvgIpc) is 3.34. The molecule has 4 rings (SSSR count). The van der Waals surface area contributed by atoms with Gasteiger partial charge in [-0.3, -0.25) is 0 Å². The van der Waals surface area contributed by atoms with Crippen LogP contribution >= 0.6 is 0 Å². The summed E-state index contributed by atoms with van der Waals surface area (Å²) in [6.07, 6.45) is 5.59. The molecule has 0 aliphatic carbocycles. The smallest absolute Gasteiger partial charge is 0.213 e. The van der Waals surface area contributed by atoms with Crippen molar-refractivity contribution in [2.24, 2.45) is 0 Å². The third-order valence-electron chi connectivity index (χ3n) is 3.79. The molecule has 0 saturated heterocycles. The summed E-state index contributed by atoms with van der Waals surface area (Å²) in [5, 5.41) is 4.09. The van der Waals surface area contributed by atoms with Gasteiger partial charge >= 0.3 is 0 Å². The fourth-order valence-electron chi connectivity index (χ4n) is 2.50. The van der Waals surface area contributed by atoms with E-state index in [9.17, 15) is 0 Å². The Bertz CT molecular complexity index is 978. The SMILES string of the molecule is Nc1ncccc1-c1cc(Cc2ccc(OCc3ccco3)nc2)no1. The minimum Gasteiger partial charge on any atom is -0.469 e. The summed E-state index contributed by atoms with van der Waals surface area (Å²) in [6, 6.07) is 12.9. The number of nitrogens with two attached hydrogens (primary N) is 1. The Hall–Kier alpha value is -3.61. The van der Waals surface area contributed by atoms with Crippen LogP contribution in [0, 0.1) is 0 Å². The summed E-state index contributed by atoms with van der Waals surface area (Å²) in [5.41, 5.74) is 8.37. The number of hydrogen-bond donors (Lipinski definition) is 1. The van der Waals surface area contributed by atoms with Gasteiger partial charge in [0.05, 0.1) is 17.5 Å². The number of furan rings is 1.